The molecule has 0 heterocycles. The fraction of sp³-hybridized carbons (Fsp3) is 0.857. The normalized spacial score (nSPS) is 10.6. The van der Waals surface area contributed by atoms with Crippen LogP contribution in [-0.4, -0.2) is 38.4 Å². The van der Waals surface area contributed by atoms with Gasteiger partial charge in [-0.05, 0) is 12.8 Å². The van der Waals surface area contributed by atoms with E-state index in [4.69, 9.17) is 14.2 Å². The zero-order valence-electron chi connectivity index (χ0n) is 12.1. The molecule has 0 aromatic carbocycles. The molecule has 0 radical (unpaired) electrons. The predicted octanol–water partition coefficient (Wildman–Crippen LogP) is 2.47. The van der Waals surface area contributed by atoms with E-state index in [0.717, 1.165) is 12.8 Å². The largest absolute Gasteiger partial charge is 0.355 e. The minimum absolute atomic E-state index is 0.175. The minimum atomic E-state index is 0.175. The standard InChI is InChI=1S/C14H26O5/c1-3-13(15)7-5-9-17-11-19-12-18-10-6-8-14(16)4-2/h3-12H2,1-2H3. The Balaban J connectivity index is 3.07. The highest BCUT2D eigenvalue weighted by atomic mass is 16.7. The van der Waals surface area contributed by atoms with Crippen LogP contribution >= 0.6 is 0 Å². The number of Topliss-reactive ketones (excluding diaryl/α,β-unsaturated/α-hetero) is 2. The van der Waals surface area contributed by atoms with Gasteiger partial charge in [-0.25, -0.2) is 0 Å². The molecule has 0 spiro atoms. The zero-order valence-corrected chi connectivity index (χ0v) is 12.1. The molecule has 5 heteroatoms. The first-order valence-corrected chi connectivity index (χ1v) is 6.97. The van der Waals surface area contributed by atoms with Gasteiger partial charge in [-0.2, -0.15) is 0 Å². The molecule has 0 aliphatic heterocycles. The van der Waals surface area contributed by atoms with Gasteiger partial charge in [0.15, 0.2) is 0 Å². The van der Waals surface area contributed by atoms with Crippen LogP contribution in [0.3, 0.4) is 0 Å². The molecule has 0 fully saturated rings. The van der Waals surface area contributed by atoms with Crippen molar-refractivity contribution in [3.63, 3.8) is 0 Å². The molecule has 0 rings (SSSR count). The highest BCUT2D eigenvalue weighted by molar-refractivity contribution is 5.78. The third-order valence-corrected chi connectivity index (χ3v) is 2.61. The van der Waals surface area contributed by atoms with Gasteiger partial charge < -0.3 is 14.2 Å². The maximum Gasteiger partial charge on any atom is 0.149 e. The fourth-order valence-electron chi connectivity index (χ4n) is 1.37. The van der Waals surface area contributed by atoms with Gasteiger partial charge in [0.1, 0.15) is 25.2 Å². The molecule has 112 valence electrons. The summed E-state index contributed by atoms with van der Waals surface area (Å²) in [7, 11) is 0. The van der Waals surface area contributed by atoms with Gasteiger partial charge in [-0.15, -0.1) is 0 Å². The third-order valence-electron chi connectivity index (χ3n) is 2.61. The molecule has 0 aromatic heterocycles. The quantitative estimate of drug-likeness (QED) is 0.360. The van der Waals surface area contributed by atoms with E-state index in [1.807, 2.05) is 13.8 Å². The predicted molar refractivity (Wildman–Crippen MR) is 71.8 cm³/mol. The summed E-state index contributed by atoms with van der Waals surface area (Å²) >= 11 is 0. The van der Waals surface area contributed by atoms with Crippen molar-refractivity contribution in [3.8, 4) is 0 Å². The Morgan fingerprint density at radius 2 is 1.16 bits per heavy atom. The molecule has 0 aliphatic carbocycles. The molecule has 0 aliphatic rings. The lowest BCUT2D eigenvalue weighted by Gasteiger charge is -2.06. The lowest BCUT2D eigenvalue weighted by molar-refractivity contribution is -0.134. The van der Waals surface area contributed by atoms with E-state index in [1.54, 1.807) is 0 Å². The summed E-state index contributed by atoms with van der Waals surface area (Å²) in [5, 5.41) is 0. The summed E-state index contributed by atoms with van der Waals surface area (Å²) in [6.07, 6.45) is 3.78. The smallest absolute Gasteiger partial charge is 0.149 e. The van der Waals surface area contributed by atoms with Crippen LogP contribution in [0.25, 0.3) is 0 Å². The summed E-state index contributed by atoms with van der Waals surface area (Å²) < 4.78 is 15.5. The summed E-state index contributed by atoms with van der Waals surface area (Å²) in [5.74, 6) is 0.518. The molecule has 0 saturated carbocycles. The van der Waals surface area contributed by atoms with Crippen molar-refractivity contribution in [2.75, 3.05) is 26.8 Å². The summed E-state index contributed by atoms with van der Waals surface area (Å²) in [6, 6.07) is 0. The molecule has 0 atom stereocenters. The summed E-state index contributed by atoms with van der Waals surface area (Å²) in [6.45, 7) is 5.12. The minimum Gasteiger partial charge on any atom is -0.355 e. The molecule has 0 saturated heterocycles. The number of carbonyl (C=O) groups is 2. The highest BCUT2D eigenvalue weighted by Gasteiger charge is 1.98. The topological polar surface area (TPSA) is 61.8 Å². The lowest BCUT2D eigenvalue weighted by Crippen LogP contribution is -2.08. The van der Waals surface area contributed by atoms with Crippen LogP contribution in [0.1, 0.15) is 52.4 Å². The van der Waals surface area contributed by atoms with Gasteiger partial charge in [0.05, 0.1) is 0 Å². The zero-order chi connectivity index (χ0) is 14.3. The molecular formula is C14H26O5. The SMILES string of the molecule is CCC(=O)CCCOCOCOCCCC(=O)CC. The number of ether oxygens (including phenoxy) is 3. The van der Waals surface area contributed by atoms with Crippen LogP contribution in [0.15, 0.2) is 0 Å². The third kappa shape index (κ3) is 13.5. The number of hydrogen-bond donors (Lipinski definition) is 0. The van der Waals surface area contributed by atoms with Gasteiger partial charge >= 0.3 is 0 Å². The van der Waals surface area contributed by atoms with Gasteiger partial charge in [0, 0.05) is 38.9 Å². The molecule has 0 N–H and O–H groups in total. The van der Waals surface area contributed by atoms with E-state index >= 15 is 0 Å². The van der Waals surface area contributed by atoms with Gasteiger partial charge in [-0.3, -0.25) is 9.59 Å². The summed E-state index contributed by atoms with van der Waals surface area (Å²) in [5.41, 5.74) is 0. The van der Waals surface area contributed by atoms with Crippen LogP contribution in [0, 0.1) is 0 Å². The van der Waals surface area contributed by atoms with Crippen LogP contribution in [0.4, 0.5) is 0 Å². The van der Waals surface area contributed by atoms with Crippen molar-refractivity contribution in [3.05, 3.63) is 0 Å². The van der Waals surface area contributed by atoms with Crippen LogP contribution < -0.4 is 0 Å². The lowest BCUT2D eigenvalue weighted by atomic mass is 10.2. The van der Waals surface area contributed by atoms with Crippen LogP contribution in [-0.2, 0) is 23.8 Å². The first-order chi connectivity index (χ1) is 9.20. The second kappa shape index (κ2) is 13.6. The molecule has 19 heavy (non-hydrogen) atoms. The van der Waals surface area contributed by atoms with E-state index in [-0.39, 0.29) is 25.2 Å². The van der Waals surface area contributed by atoms with E-state index in [9.17, 15) is 9.59 Å². The molecular weight excluding hydrogens is 248 g/mol. The molecule has 0 unspecified atom stereocenters. The van der Waals surface area contributed by atoms with E-state index in [2.05, 4.69) is 0 Å². The van der Waals surface area contributed by atoms with Crippen molar-refractivity contribution in [1.82, 2.24) is 0 Å². The van der Waals surface area contributed by atoms with Crippen LogP contribution in [0.5, 0.6) is 0 Å². The molecule has 5 nitrogen and oxygen atoms in total. The van der Waals surface area contributed by atoms with Crippen LogP contribution in [0.2, 0.25) is 0 Å². The fourth-order valence-corrected chi connectivity index (χ4v) is 1.37. The van der Waals surface area contributed by atoms with Crippen molar-refractivity contribution in [2.24, 2.45) is 0 Å². The monoisotopic (exact) mass is 274 g/mol. The molecule has 0 bridgehead atoms. The Kier molecular flexibility index (Phi) is 13.1. The van der Waals surface area contributed by atoms with Crippen molar-refractivity contribution >= 4 is 11.6 Å². The Bertz CT molecular complexity index is 216. The maximum absolute atomic E-state index is 11.0. The second-order valence-electron chi connectivity index (χ2n) is 4.25. The number of carbonyl (C=O) groups excluding carboxylic acids is 2. The van der Waals surface area contributed by atoms with E-state index < -0.39 is 0 Å². The second-order valence-corrected chi connectivity index (χ2v) is 4.25. The van der Waals surface area contributed by atoms with Crippen molar-refractivity contribution in [2.45, 2.75) is 52.4 Å². The Morgan fingerprint density at radius 3 is 1.53 bits per heavy atom. The average molecular weight is 274 g/mol. The van der Waals surface area contributed by atoms with Gasteiger partial charge in [0.2, 0.25) is 0 Å². The first-order valence-electron chi connectivity index (χ1n) is 6.97. The number of rotatable bonds is 14. The molecule has 0 amide bonds. The highest BCUT2D eigenvalue weighted by Crippen LogP contribution is 1.96. The van der Waals surface area contributed by atoms with Crippen molar-refractivity contribution < 1.29 is 23.8 Å². The van der Waals surface area contributed by atoms with E-state index in [1.165, 1.54) is 0 Å². The molecule has 0 aromatic rings. The Morgan fingerprint density at radius 1 is 0.737 bits per heavy atom. The number of hydrogen-bond acceptors (Lipinski definition) is 5. The average Bonchev–Trinajstić information content (AvgIpc) is 2.43. The maximum atomic E-state index is 11.0. The van der Waals surface area contributed by atoms with Crippen molar-refractivity contribution in [1.29, 1.82) is 0 Å². The van der Waals surface area contributed by atoms with Gasteiger partial charge in [-0.1, -0.05) is 13.8 Å². The Labute approximate surface area is 115 Å². The van der Waals surface area contributed by atoms with Gasteiger partial charge in [0.25, 0.3) is 0 Å². The summed E-state index contributed by atoms with van der Waals surface area (Å²) in [4.78, 5) is 22.0. The first kappa shape index (κ1) is 18.2. The van der Waals surface area contributed by atoms with E-state index in [0.29, 0.717) is 38.9 Å². The number of ketones is 2. The Hall–Kier alpha value is -0.780.